The summed E-state index contributed by atoms with van der Waals surface area (Å²) in [6.07, 6.45) is 6.49. The van der Waals surface area contributed by atoms with Gasteiger partial charge >= 0.3 is 6.03 Å². The number of aryl methyl sites for hydroxylation is 1. The van der Waals surface area contributed by atoms with Crippen molar-refractivity contribution in [1.82, 2.24) is 20.5 Å². The summed E-state index contributed by atoms with van der Waals surface area (Å²) in [6, 6.07) is 13.8. The Morgan fingerprint density at radius 2 is 2.00 bits per heavy atom. The number of aromatic amines is 1. The maximum Gasteiger partial charge on any atom is 0.319 e. The second kappa shape index (κ2) is 8.77. The smallest absolute Gasteiger partial charge is 0.319 e. The molecule has 3 N–H and O–H groups in total. The van der Waals surface area contributed by atoms with E-state index in [1.165, 1.54) is 5.56 Å². The highest BCUT2D eigenvalue weighted by Gasteiger charge is 2.23. The van der Waals surface area contributed by atoms with Gasteiger partial charge in [0.15, 0.2) is 5.82 Å². The van der Waals surface area contributed by atoms with Gasteiger partial charge in [0.1, 0.15) is 0 Å². The Hall–Kier alpha value is -3.35. The molecule has 1 aromatic carbocycles. The second-order valence-corrected chi connectivity index (χ2v) is 7.31. The summed E-state index contributed by atoms with van der Waals surface area (Å²) in [5, 5.41) is 13.6. The molecule has 0 bridgehead atoms. The van der Waals surface area contributed by atoms with E-state index in [4.69, 9.17) is 0 Å². The molecule has 1 aliphatic heterocycles. The summed E-state index contributed by atoms with van der Waals surface area (Å²) in [7, 11) is 0. The van der Waals surface area contributed by atoms with Crippen LogP contribution in [-0.4, -0.2) is 40.3 Å². The largest absolute Gasteiger partial charge is 0.353 e. The molecule has 4 rings (SSSR count). The summed E-state index contributed by atoms with van der Waals surface area (Å²) >= 11 is 0. The van der Waals surface area contributed by atoms with Gasteiger partial charge in [0.05, 0.1) is 5.69 Å². The summed E-state index contributed by atoms with van der Waals surface area (Å²) < 4.78 is 0. The minimum absolute atomic E-state index is 0.0831. The fourth-order valence-electron chi connectivity index (χ4n) is 3.63. The van der Waals surface area contributed by atoms with Crippen LogP contribution in [0.25, 0.3) is 11.3 Å². The first kappa shape index (κ1) is 19.0. The molecule has 29 heavy (non-hydrogen) atoms. The summed E-state index contributed by atoms with van der Waals surface area (Å²) in [5.41, 5.74) is 4.08. The lowest BCUT2D eigenvalue weighted by Gasteiger charge is -2.33. The molecule has 3 heterocycles. The van der Waals surface area contributed by atoms with Crippen LogP contribution >= 0.6 is 0 Å². The molecule has 1 fully saturated rings. The molecule has 0 unspecified atom stereocenters. The number of pyridine rings is 1. The van der Waals surface area contributed by atoms with Crippen molar-refractivity contribution in [2.75, 3.05) is 23.3 Å². The van der Waals surface area contributed by atoms with Crippen molar-refractivity contribution in [2.24, 2.45) is 0 Å². The number of nitrogens with zero attached hydrogens (tertiary/aromatic N) is 3. The first-order valence-electron chi connectivity index (χ1n) is 10.1. The Kier molecular flexibility index (Phi) is 5.74. The molecule has 150 valence electrons. The van der Waals surface area contributed by atoms with Crippen LogP contribution in [0, 0.1) is 0 Å². The Balaban J connectivity index is 1.34. The van der Waals surface area contributed by atoms with Crippen LogP contribution in [0.5, 0.6) is 0 Å². The molecule has 0 saturated carbocycles. The highest BCUT2D eigenvalue weighted by molar-refractivity contribution is 5.89. The van der Waals surface area contributed by atoms with Gasteiger partial charge < -0.3 is 15.5 Å². The molecule has 0 spiro atoms. The van der Waals surface area contributed by atoms with E-state index >= 15 is 0 Å². The fourth-order valence-corrected chi connectivity index (χ4v) is 3.63. The van der Waals surface area contributed by atoms with Crippen LogP contribution in [0.2, 0.25) is 0 Å². The number of nitrogens with one attached hydrogen (secondary N) is 3. The van der Waals surface area contributed by atoms with Crippen molar-refractivity contribution in [3.63, 3.8) is 0 Å². The Morgan fingerprint density at radius 3 is 2.76 bits per heavy atom. The van der Waals surface area contributed by atoms with Gasteiger partial charge in [-0.15, -0.1) is 0 Å². The Bertz CT molecular complexity index is 937. The number of aromatic nitrogens is 3. The number of anilines is 2. The quantitative estimate of drug-likeness (QED) is 0.618. The average molecular weight is 390 g/mol. The summed E-state index contributed by atoms with van der Waals surface area (Å²) in [5.74, 6) is 0.902. The minimum Gasteiger partial charge on any atom is -0.353 e. The normalized spacial score (nSPS) is 16.4. The first-order chi connectivity index (χ1) is 14.2. The number of rotatable bonds is 5. The second-order valence-electron chi connectivity index (χ2n) is 7.31. The van der Waals surface area contributed by atoms with Gasteiger partial charge in [-0.25, -0.2) is 4.79 Å². The third-order valence-corrected chi connectivity index (χ3v) is 5.26. The van der Waals surface area contributed by atoms with E-state index in [0.29, 0.717) is 0 Å². The number of carbonyl (C=O) groups excluding carboxylic acids is 1. The van der Waals surface area contributed by atoms with Crippen molar-refractivity contribution >= 4 is 17.5 Å². The monoisotopic (exact) mass is 390 g/mol. The topological polar surface area (TPSA) is 85.9 Å². The number of benzene rings is 1. The van der Waals surface area contributed by atoms with E-state index < -0.39 is 0 Å². The van der Waals surface area contributed by atoms with E-state index in [1.807, 2.05) is 42.5 Å². The lowest BCUT2D eigenvalue weighted by atomic mass is 10.1. The lowest BCUT2D eigenvalue weighted by Crippen LogP contribution is -2.49. The molecule has 1 aliphatic rings. The van der Waals surface area contributed by atoms with Crippen LogP contribution in [0.3, 0.4) is 0 Å². The highest BCUT2D eigenvalue weighted by Crippen LogP contribution is 2.23. The van der Waals surface area contributed by atoms with Crippen molar-refractivity contribution in [3.8, 4) is 11.3 Å². The fraction of sp³-hybridized carbons (Fsp3) is 0.318. The summed E-state index contributed by atoms with van der Waals surface area (Å²) in [4.78, 5) is 18.7. The van der Waals surface area contributed by atoms with Crippen LogP contribution in [-0.2, 0) is 6.42 Å². The van der Waals surface area contributed by atoms with Crippen LogP contribution in [0.15, 0.2) is 54.9 Å². The van der Waals surface area contributed by atoms with E-state index in [1.54, 1.807) is 12.4 Å². The zero-order valence-electron chi connectivity index (χ0n) is 16.6. The van der Waals surface area contributed by atoms with Crippen LogP contribution < -0.4 is 15.5 Å². The van der Waals surface area contributed by atoms with Crippen molar-refractivity contribution in [2.45, 2.75) is 32.2 Å². The molecular formula is C22H26N6O. The first-order valence-corrected chi connectivity index (χ1v) is 10.1. The number of urea groups is 1. The maximum atomic E-state index is 12.4. The molecule has 1 saturated heterocycles. The number of hydrogen-bond acceptors (Lipinski definition) is 4. The molecule has 1 atom stereocenters. The van der Waals surface area contributed by atoms with Crippen molar-refractivity contribution < 1.29 is 4.79 Å². The minimum atomic E-state index is -0.166. The van der Waals surface area contributed by atoms with Gasteiger partial charge in [-0.05, 0) is 49.1 Å². The Labute approximate surface area is 170 Å². The number of hydrogen-bond donors (Lipinski definition) is 3. The van der Waals surface area contributed by atoms with Gasteiger partial charge in [-0.3, -0.25) is 10.1 Å². The molecule has 7 nitrogen and oxygen atoms in total. The van der Waals surface area contributed by atoms with Gasteiger partial charge in [-0.1, -0.05) is 19.1 Å². The highest BCUT2D eigenvalue weighted by atomic mass is 16.2. The zero-order valence-corrected chi connectivity index (χ0v) is 16.6. The van der Waals surface area contributed by atoms with E-state index in [0.717, 1.165) is 55.1 Å². The van der Waals surface area contributed by atoms with E-state index in [9.17, 15) is 4.79 Å². The molecule has 0 radical (unpaired) electrons. The predicted octanol–water partition coefficient (Wildman–Crippen LogP) is 3.82. The van der Waals surface area contributed by atoms with Crippen molar-refractivity contribution in [1.29, 1.82) is 0 Å². The van der Waals surface area contributed by atoms with Gasteiger partial charge in [0.25, 0.3) is 0 Å². The third kappa shape index (κ3) is 4.74. The van der Waals surface area contributed by atoms with E-state index in [2.05, 4.69) is 37.6 Å². The number of H-pyrrole nitrogens is 1. The maximum absolute atomic E-state index is 12.4. The standard InChI is InChI=1S/C22H26N6O/c1-2-16-5-7-18(8-6-16)24-22(29)25-19-4-3-13-28(15-19)21-14-20(26-27-21)17-9-11-23-12-10-17/h5-12,14,19H,2-4,13,15H2,1H3,(H,26,27)(H2,24,25,29)/t19-/m0/s1. The predicted molar refractivity (Wildman–Crippen MR) is 115 cm³/mol. The van der Waals surface area contributed by atoms with Crippen LogP contribution in [0.4, 0.5) is 16.3 Å². The molecule has 3 aromatic rings. The van der Waals surface area contributed by atoms with Gasteiger partial charge in [0.2, 0.25) is 0 Å². The number of amides is 2. The van der Waals surface area contributed by atoms with E-state index in [-0.39, 0.29) is 12.1 Å². The van der Waals surface area contributed by atoms with Gasteiger partial charge in [-0.2, -0.15) is 5.10 Å². The Morgan fingerprint density at radius 1 is 1.21 bits per heavy atom. The molecular weight excluding hydrogens is 364 g/mol. The molecule has 2 aromatic heterocycles. The SMILES string of the molecule is CCc1ccc(NC(=O)N[C@H]2CCCN(c3cc(-c4ccncc4)[nH]n3)C2)cc1. The van der Waals surface area contributed by atoms with Gasteiger partial charge in [0, 0.05) is 48.8 Å². The lowest BCUT2D eigenvalue weighted by molar-refractivity contribution is 0.246. The molecule has 2 amide bonds. The number of piperidine rings is 1. The molecule has 0 aliphatic carbocycles. The van der Waals surface area contributed by atoms with Crippen LogP contribution in [0.1, 0.15) is 25.3 Å². The zero-order chi connectivity index (χ0) is 20.1. The average Bonchev–Trinajstić information content (AvgIpc) is 3.25. The third-order valence-electron chi connectivity index (χ3n) is 5.26. The van der Waals surface area contributed by atoms with Crippen molar-refractivity contribution in [3.05, 3.63) is 60.4 Å². The summed E-state index contributed by atoms with van der Waals surface area (Å²) in [6.45, 7) is 3.78. The number of carbonyl (C=O) groups is 1. The molecule has 7 heteroatoms.